The van der Waals surface area contributed by atoms with Gasteiger partial charge >= 0.3 is 6.09 Å². The molecule has 0 aliphatic carbocycles. The van der Waals surface area contributed by atoms with Crippen LogP contribution in [0.15, 0.2) is 12.1 Å². The lowest BCUT2D eigenvalue weighted by Crippen LogP contribution is -2.31. The molecule has 1 aromatic heterocycles. The summed E-state index contributed by atoms with van der Waals surface area (Å²) in [6, 6.07) is 4.14. The Morgan fingerprint density at radius 3 is 2.28 bits per heavy atom. The minimum absolute atomic E-state index is 0.362. The average molecular weight is 271 g/mol. The van der Waals surface area contributed by atoms with Crippen molar-refractivity contribution in [2.75, 3.05) is 0 Å². The molecule has 0 radical (unpaired) electrons. The van der Waals surface area contributed by atoms with Crippen molar-refractivity contribution in [1.29, 1.82) is 0 Å². The Morgan fingerprint density at radius 1 is 1.28 bits per heavy atom. The molecule has 1 rings (SSSR count). The van der Waals surface area contributed by atoms with Gasteiger partial charge in [-0.1, -0.05) is 20.8 Å². The van der Waals surface area contributed by atoms with Gasteiger partial charge < -0.3 is 10.1 Å². The van der Waals surface area contributed by atoms with E-state index in [0.717, 1.165) is 11.3 Å². The third kappa shape index (κ3) is 7.33. The first-order valence-electron chi connectivity index (χ1n) is 6.45. The van der Waals surface area contributed by atoms with Crippen molar-refractivity contribution in [2.45, 2.75) is 60.1 Å². The fraction of sp³-hybridized carbons (Fsp3) is 0.643. The van der Waals surface area contributed by atoms with Gasteiger partial charge in [0.15, 0.2) is 0 Å². The quantitative estimate of drug-likeness (QED) is 0.887. The van der Waals surface area contributed by atoms with Crippen LogP contribution >= 0.6 is 11.3 Å². The molecule has 1 aromatic rings. The van der Waals surface area contributed by atoms with Crippen molar-refractivity contribution < 1.29 is 9.53 Å². The maximum Gasteiger partial charge on any atom is 0.407 e. The molecule has 1 N–H and O–H groups in total. The van der Waals surface area contributed by atoms with E-state index >= 15 is 0 Å². The van der Waals surface area contributed by atoms with Crippen LogP contribution in [0, 0.1) is 0 Å². The van der Waals surface area contributed by atoms with E-state index in [4.69, 9.17) is 4.74 Å². The fourth-order valence-corrected chi connectivity index (χ4v) is 2.08. The van der Waals surface area contributed by atoms with Crippen LogP contribution in [0.4, 0.5) is 4.79 Å². The molecule has 0 saturated heterocycles. The zero-order valence-electron chi connectivity index (χ0n) is 12.3. The summed E-state index contributed by atoms with van der Waals surface area (Å²) in [7, 11) is 0. The third-order valence-electron chi connectivity index (χ3n) is 1.87. The van der Waals surface area contributed by atoms with Gasteiger partial charge in [0.05, 0.1) is 6.54 Å². The maximum absolute atomic E-state index is 11.4. The first-order valence-corrected chi connectivity index (χ1v) is 7.27. The Labute approximate surface area is 115 Å². The van der Waals surface area contributed by atoms with Gasteiger partial charge in [0, 0.05) is 9.75 Å². The second-order valence-corrected chi connectivity index (χ2v) is 5.83. The first-order chi connectivity index (χ1) is 8.40. The highest BCUT2D eigenvalue weighted by Crippen LogP contribution is 2.16. The molecule has 104 valence electrons. The lowest BCUT2D eigenvalue weighted by Gasteiger charge is -2.19. The molecule has 0 saturated carbocycles. The predicted octanol–water partition coefficient (Wildman–Crippen LogP) is 4.36. The van der Waals surface area contributed by atoms with Crippen LogP contribution < -0.4 is 5.32 Å². The monoisotopic (exact) mass is 271 g/mol. The summed E-state index contributed by atoms with van der Waals surface area (Å²) < 4.78 is 5.15. The fourth-order valence-electron chi connectivity index (χ4n) is 1.18. The van der Waals surface area contributed by atoms with Crippen LogP contribution in [-0.2, 0) is 17.7 Å². The van der Waals surface area contributed by atoms with Crippen molar-refractivity contribution in [3.05, 3.63) is 21.9 Å². The molecule has 0 fully saturated rings. The molecule has 0 atom stereocenters. The molecule has 0 bridgehead atoms. The molecule has 1 amide bonds. The van der Waals surface area contributed by atoms with E-state index in [1.165, 1.54) is 4.88 Å². The van der Waals surface area contributed by atoms with Gasteiger partial charge in [0.25, 0.3) is 0 Å². The molecule has 0 aliphatic rings. The van der Waals surface area contributed by atoms with Crippen LogP contribution in [-0.4, -0.2) is 11.7 Å². The second kappa shape index (κ2) is 8.14. The Hall–Kier alpha value is -1.03. The normalized spacial score (nSPS) is 10.3. The lowest BCUT2D eigenvalue weighted by atomic mass is 10.2. The van der Waals surface area contributed by atoms with E-state index in [-0.39, 0.29) is 6.09 Å². The number of carbonyl (C=O) groups is 1. The van der Waals surface area contributed by atoms with Gasteiger partial charge in [-0.05, 0) is 39.3 Å². The average Bonchev–Trinajstić information content (AvgIpc) is 2.75. The minimum atomic E-state index is -0.436. The summed E-state index contributed by atoms with van der Waals surface area (Å²) in [5.74, 6) is 0. The number of ether oxygens (including phenoxy) is 1. The largest absolute Gasteiger partial charge is 0.444 e. The third-order valence-corrected chi connectivity index (χ3v) is 3.10. The summed E-state index contributed by atoms with van der Waals surface area (Å²) >= 11 is 1.72. The molecule has 0 spiro atoms. The standard InChI is InChI=1S/C12H19NO2S.C2H6/c1-5-9-6-7-10(16-9)8-13-11(14)15-12(2,3)4;1-2/h6-7H,5,8H2,1-4H3,(H,13,14);1-2H3. The van der Waals surface area contributed by atoms with Gasteiger partial charge in [0.1, 0.15) is 5.60 Å². The second-order valence-electron chi connectivity index (χ2n) is 4.58. The van der Waals surface area contributed by atoms with Crippen LogP contribution in [0.5, 0.6) is 0 Å². The summed E-state index contributed by atoms with van der Waals surface area (Å²) in [6.07, 6.45) is 0.677. The van der Waals surface area contributed by atoms with Crippen molar-refractivity contribution in [3.63, 3.8) is 0 Å². The highest BCUT2D eigenvalue weighted by atomic mass is 32.1. The molecule has 0 aromatic carbocycles. The van der Waals surface area contributed by atoms with Crippen LogP contribution in [0.25, 0.3) is 0 Å². The van der Waals surface area contributed by atoms with E-state index in [1.54, 1.807) is 11.3 Å². The smallest absolute Gasteiger partial charge is 0.407 e. The molecule has 0 aliphatic heterocycles. The van der Waals surface area contributed by atoms with Crippen LogP contribution in [0.3, 0.4) is 0 Å². The number of aryl methyl sites for hydroxylation is 1. The van der Waals surface area contributed by atoms with Crippen molar-refractivity contribution in [3.8, 4) is 0 Å². The number of amides is 1. The Morgan fingerprint density at radius 2 is 1.83 bits per heavy atom. The van der Waals surface area contributed by atoms with Gasteiger partial charge in [-0.25, -0.2) is 4.79 Å². The van der Waals surface area contributed by atoms with Gasteiger partial charge in [-0.2, -0.15) is 0 Å². The van der Waals surface area contributed by atoms with E-state index in [0.29, 0.717) is 6.54 Å². The van der Waals surface area contributed by atoms with Gasteiger partial charge in [0.2, 0.25) is 0 Å². The number of carbonyl (C=O) groups excluding carboxylic acids is 1. The Balaban J connectivity index is 0.00000137. The maximum atomic E-state index is 11.4. The first kappa shape index (κ1) is 17.0. The molecule has 1 heterocycles. The molecule has 3 nitrogen and oxygen atoms in total. The van der Waals surface area contributed by atoms with Crippen molar-refractivity contribution in [2.24, 2.45) is 0 Å². The highest BCUT2D eigenvalue weighted by Gasteiger charge is 2.15. The summed E-state index contributed by atoms with van der Waals surface area (Å²) in [5.41, 5.74) is -0.436. The number of rotatable bonds is 3. The lowest BCUT2D eigenvalue weighted by molar-refractivity contribution is 0.0524. The molecular weight excluding hydrogens is 246 g/mol. The topological polar surface area (TPSA) is 38.3 Å². The Bertz CT molecular complexity index is 353. The number of thiophene rings is 1. The van der Waals surface area contributed by atoms with Crippen LogP contribution in [0.1, 0.15) is 51.3 Å². The SMILES string of the molecule is CC.CCc1ccc(CNC(=O)OC(C)(C)C)s1. The summed E-state index contributed by atoms with van der Waals surface area (Å²) in [6.45, 7) is 12.2. The Kier molecular flexibility index (Phi) is 7.67. The molecule has 0 unspecified atom stereocenters. The molecular formula is C14H25NO2S. The van der Waals surface area contributed by atoms with E-state index in [2.05, 4.69) is 18.3 Å². The van der Waals surface area contributed by atoms with Crippen molar-refractivity contribution in [1.82, 2.24) is 5.32 Å². The number of hydrogen-bond donors (Lipinski definition) is 1. The summed E-state index contributed by atoms with van der Waals surface area (Å²) in [4.78, 5) is 13.9. The van der Waals surface area contributed by atoms with E-state index in [1.807, 2.05) is 40.7 Å². The minimum Gasteiger partial charge on any atom is -0.444 e. The molecule has 4 heteroatoms. The van der Waals surface area contributed by atoms with Gasteiger partial charge in [-0.15, -0.1) is 11.3 Å². The van der Waals surface area contributed by atoms with E-state index in [9.17, 15) is 4.79 Å². The highest BCUT2D eigenvalue weighted by molar-refractivity contribution is 7.11. The predicted molar refractivity (Wildman–Crippen MR) is 78.1 cm³/mol. The van der Waals surface area contributed by atoms with Crippen molar-refractivity contribution >= 4 is 17.4 Å². The zero-order valence-corrected chi connectivity index (χ0v) is 13.1. The number of hydrogen-bond acceptors (Lipinski definition) is 3. The number of alkyl carbamates (subject to hydrolysis) is 1. The van der Waals surface area contributed by atoms with Crippen LogP contribution in [0.2, 0.25) is 0 Å². The van der Waals surface area contributed by atoms with E-state index < -0.39 is 5.60 Å². The molecule has 18 heavy (non-hydrogen) atoms. The summed E-state index contributed by atoms with van der Waals surface area (Å²) in [5, 5.41) is 2.74. The number of nitrogens with one attached hydrogen (secondary N) is 1. The zero-order chi connectivity index (χ0) is 14.2. The van der Waals surface area contributed by atoms with Gasteiger partial charge in [-0.3, -0.25) is 0 Å².